The van der Waals surface area contributed by atoms with Crippen LogP contribution in [0.25, 0.3) is 0 Å². The maximum absolute atomic E-state index is 5.92. The van der Waals surface area contributed by atoms with Crippen LogP contribution in [0.1, 0.15) is 34.6 Å². The fourth-order valence-corrected chi connectivity index (χ4v) is 2.81. The van der Waals surface area contributed by atoms with Crippen LogP contribution in [-0.2, 0) is 23.7 Å². The van der Waals surface area contributed by atoms with Crippen LogP contribution in [0.5, 0.6) is 0 Å². The molecular weight excluding hydrogens is 224 g/mol. The molecule has 3 aliphatic heterocycles. The van der Waals surface area contributed by atoms with Crippen molar-refractivity contribution in [1.29, 1.82) is 0 Å². The minimum Gasteiger partial charge on any atom is -0.344 e. The lowest BCUT2D eigenvalue weighted by atomic mass is 10.0. The van der Waals surface area contributed by atoms with Gasteiger partial charge in [-0.3, -0.25) is 0 Å². The van der Waals surface area contributed by atoms with Crippen LogP contribution in [0.3, 0.4) is 0 Å². The second kappa shape index (κ2) is 3.42. The molecule has 3 saturated heterocycles. The molecule has 3 fully saturated rings. The van der Waals surface area contributed by atoms with Gasteiger partial charge in [-0.25, -0.2) is 0 Å². The van der Waals surface area contributed by atoms with E-state index in [4.69, 9.17) is 23.7 Å². The quantitative estimate of drug-likeness (QED) is 0.644. The lowest BCUT2D eigenvalue weighted by Gasteiger charge is -2.35. The molecule has 0 N–H and O–H groups in total. The lowest BCUT2D eigenvalue weighted by molar-refractivity contribution is -0.229. The molecule has 98 valence electrons. The molecule has 0 aromatic heterocycles. The summed E-state index contributed by atoms with van der Waals surface area (Å²) in [4.78, 5) is 0. The van der Waals surface area contributed by atoms with Gasteiger partial charge in [0.1, 0.15) is 18.3 Å². The Morgan fingerprint density at radius 1 is 0.706 bits per heavy atom. The summed E-state index contributed by atoms with van der Waals surface area (Å²) in [6.07, 6.45) is -0.850. The van der Waals surface area contributed by atoms with E-state index >= 15 is 0 Å². The van der Waals surface area contributed by atoms with Crippen LogP contribution < -0.4 is 0 Å². The van der Waals surface area contributed by atoms with Gasteiger partial charge < -0.3 is 23.7 Å². The standard InChI is InChI=1S/C12H20O5/c1-6-7-8(15-11(2,3)14-7)9-10(13-6)17-12(4,5)16-9/h6-10H,1-5H3/t6?,7-,8?,9?,10+/m1/s1. The van der Waals surface area contributed by atoms with Crippen molar-refractivity contribution in [3.05, 3.63) is 0 Å². The third kappa shape index (κ3) is 1.90. The summed E-state index contributed by atoms with van der Waals surface area (Å²) in [6.45, 7) is 9.57. The van der Waals surface area contributed by atoms with Gasteiger partial charge in [0.25, 0.3) is 0 Å². The van der Waals surface area contributed by atoms with Gasteiger partial charge in [0.05, 0.1) is 6.10 Å². The van der Waals surface area contributed by atoms with Crippen molar-refractivity contribution >= 4 is 0 Å². The summed E-state index contributed by atoms with van der Waals surface area (Å²) < 4.78 is 29.2. The van der Waals surface area contributed by atoms with E-state index in [9.17, 15) is 0 Å². The Balaban J connectivity index is 1.86. The van der Waals surface area contributed by atoms with Crippen molar-refractivity contribution in [2.24, 2.45) is 0 Å². The van der Waals surface area contributed by atoms with Crippen molar-refractivity contribution in [1.82, 2.24) is 0 Å². The predicted octanol–water partition coefficient (Wildman–Crippen LogP) is 1.40. The molecule has 5 atom stereocenters. The summed E-state index contributed by atoms with van der Waals surface area (Å²) in [5.74, 6) is -1.21. The zero-order valence-corrected chi connectivity index (χ0v) is 10.9. The van der Waals surface area contributed by atoms with Crippen molar-refractivity contribution < 1.29 is 23.7 Å². The van der Waals surface area contributed by atoms with Crippen LogP contribution in [0, 0.1) is 0 Å². The largest absolute Gasteiger partial charge is 0.344 e. The summed E-state index contributed by atoms with van der Waals surface area (Å²) in [5, 5.41) is 0. The Morgan fingerprint density at radius 3 is 1.94 bits per heavy atom. The van der Waals surface area contributed by atoms with Gasteiger partial charge in [0.2, 0.25) is 0 Å². The molecular formula is C12H20O5. The Kier molecular flexibility index (Phi) is 2.39. The molecule has 0 radical (unpaired) electrons. The smallest absolute Gasteiger partial charge is 0.190 e. The average molecular weight is 244 g/mol. The highest BCUT2D eigenvalue weighted by atomic mass is 16.9. The molecule has 0 saturated carbocycles. The van der Waals surface area contributed by atoms with E-state index in [1.807, 2.05) is 34.6 Å². The Labute approximate surface area is 101 Å². The lowest BCUT2D eigenvalue weighted by Crippen LogP contribution is -2.53. The average Bonchev–Trinajstić information content (AvgIpc) is 2.62. The highest BCUT2D eigenvalue weighted by molar-refractivity contribution is 4.98. The first kappa shape index (κ1) is 11.9. The van der Waals surface area contributed by atoms with E-state index in [1.54, 1.807) is 0 Å². The molecule has 0 spiro atoms. The normalized spacial score (nSPS) is 51.0. The molecule has 3 heterocycles. The topological polar surface area (TPSA) is 46.2 Å². The Morgan fingerprint density at radius 2 is 1.24 bits per heavy atom. The Bertz CT molecular complexity index is 327. The zero-order chi connectivity index (χ0) is 12.4. The maximum atomic E-state index is 5.92. The molecule has 3 unspecified atom stereocenters. The molecule has 0 aromatic carbocycles. The minimum absolute atomic E-state index is 0.0551. The number of hydrogen-bond acceptors (Lipinski definition) is 5. The first-order valence-electron chi connectivity index (χ1n) is 6.14. The maximum Gasteiger partial charge on any atom is 0.190 e. The molecule has 3 aliphatic rings. The van der Waals surface area contributed by atoms with Crippen molar-refractivity contribution in [2.45, 2.75) is 76.9 Å². The highest BCUT2D eigenvalue weighted by Crippen LogP contribution is 2.43. The fourth-order valence-electron chi connectivity index (χ4n) is 2.81. The summed E-state index contributed by atoms with van der Waals surface area (Å²) in [6, 6.07) is 0. The van der Waals surface area contributed by atoms with E-state index < -0.39 is 11.6 Å². The van der Waals surface area contributed by atoms with Gasteiger partial charge in [-0.1, -0.05) is 0 Å². The molecule has 5 nitrogen and oxygen atoms in total. The predicted molar refractivity (Wildman–Crippen MR) is 58.2 cm³/mol. The Hall–Kier alpha value is -0.200. The number of fused-ring (bicyclic) bond motifs is 3. The van der Waals surface area contributed by atoms with E-state index in [0.717, 1.165) is 0 Å². The molecule has 5 heteroatoms. The zero-order valence-electron chi connectivity index (χ0n) is 10.9. The van der Waals surface area contributed by atoms with Crippen LogP contribution in [0.2, 0.25) is 0 Å². The van der Waals surface area contributed by atoms with Crippen molar-refractivity contribution in [3.8, 4) is 0 Å². The molecule has 17 heavy (non-hydrogen) atoms. The van der Waals surface area contributed by atoms with Crippen LogP contribution in [0.15, 0.2) is 0 Å². The first-order valence-corrected chi connectivity index (χ1v) is 6.14. The molecule has 0 aromatic rings. The van der Waals surface area contributed by atoms with Gasteiger partial charge in [0.15, 0.2) is 17.9 Å². The van der Waals surface area contributed by atoms with Gasteiger partial charge in [-0.2, -0.15) is 0 Å². The molecule has 0 aliphatic carbocycles. The number of hydrogen-bond donors (Lipinski definition) is 0. The van der Waals surface area contributed by atoms with Gasteiger partial charge in [-0.15, -0.1) is 0 Å². The van der Waals surface area contributed by atoms with E-state index in [0.29, 0.717) is 0 Å². The first-order chi connectivity index (χ1) is 7.77. The monoisotopic (exact) mass is 244 g/mol. The van der Waals surface area contributed by atoms with Crippen LogP contribution in [0.4, 0.5) is 0 Å². The fraction of sp³-hybridized carbons (Fsp3) is 1.00. The molecule has 0 bridgehead atoms. The second-order valence-corrected chi connectivity index (χ2v) is 5.87. The number of rotatable bonds is 0. The summed E-state index contributed by atoms with van der Waals surface area (Å²) in [5.41, 5.74) is 0. The van der Waals surface area contributed by atoms with Gasteiger partial charge in [-0.05, 0) is 34.6 Å². The minimum atomic E-state index is -0.625. The van der Waals surface area contributed by atoms with Crippen molar-refractivity contribution in [2.75, 3.05) is 0 Å². The summed E-state index contributed by atoms with van der Waals surface area (Å²) >= 11 is 0. The number of ether oxygens (including phenoxy) is 5. The second-order valence-electron chi connectivity index (χ2n) is 5.87. The van der Waals surface area contributed by atoms with E-state index in [1.165, 1.54) is 0 Å². The molecule has 3 rings (SSSR count). The van der Waals surface area contributed by atoms with Crippen LogP contribution >= 0.6 is 0 Å². The molecule has 0 amide bonds. The van der Waals surface area contributed by atoms with E-state index in [2.05, 4.69) is 0 Å². The van der Waals surface area contributed by atoms with Crippen LogP contribution in [-0.4, -0.2) is 42.3 Å². The highest BCUT2D eigenvalue weighted by Gasteiger charge is 2.59. The SMILES string of the molecule is CC1O[C@H]2OC(C)(C)OC2C2OC(C)(C)O[C@H]12. The van der Waals surface area contributed by atoms with Gasteiger partial charge >= 0.3 is 0 Å². The van der Waals surface area contributed by atoms with Gasteiger partial charge in [0, 0.05) is 0 Å². The van der Waals surface area contributed by atoms with E-state index in [-0.39, 0.29) is 30.7 Å². The third-order valence-corrected chi connectivity index (χ3v) is 3.39. The summed E-state index contributed by atoms with van der Waals surface area (Å²) in [7, 11) is 0. The third-order valence-electron chi connectivity index (χ3n) is 3.39. The van der Waals surface area contributed by atoms with Crippen molar-refractivity contribution in [3.63, 3.8) is 0 Å².